The maximum Gasteiger partial charge on any atom is 0.143 e. The first kappa shape index (κ1) is 21.4. The summed E-state index contributed by atoms with van der Waals surface area (Å²) < 4.78 is 91.6. The number of hydrogen-bond donors (Lipinski definition) is 0. The van der Waals surface area contributed by atoms with Gasteiger partial charge in [-0.3, -0.25) is 0 Å². The maximum absolute atomic E-state index is 8.98. The summed E-state index contributed by atoms with van der Waals surface area (Å²) in [5.74, 6) is 0. The predicted molar refractivity (Wildman–Crippen MR) is 225 cm³/mol. The molecule has 11 rings (SSSR count). The highest BCUT2D eigenvalue weighted by molar-refractivity contribution is 6.26. The van der Waals surface area contributed by atoms with Gasteiger partial charge in [0.1, 0.15) is 11.2 Å². The second-order valence-electron chi connectivity index (χ2n) is 13.2. The molecule has 0 unspecified atom stereocenters. The first-order valence-corrected chi connectivity index (χ1v) is 17.4. The van der Waals surface area contributed by atoms with Crippen molar-refractivity contribution < 1.29 is 18.1 Å². The summed E-state index contributed by atoms with van der Waals surface area (Å²) in [6.07, 6.45) is 0. The van der Waals surface area contributed by atoms with Crippen LogP contribution in [-0.2, 0) is 0 Å². The zero-order chi connectivity index (χ0) is 43.6. The molecule has 0 aliphatic heterocycles. The Kier molecular flexibility index (Phi) is 4.77. The first-order chi connectivity index (χ1) is 30.4. The number of benzene rings is 10. The third kappa shape index (κ3) is 4.64. The molecule has 0 saturated carbocycles. The van der Waals surface area contributed by atoms with Crippen LogP contribution in [0, 0.1) is 0 Å². The SMILES string of the molecule is [2H]c1c([2H])c([2H])c(-c2c3ccccc3c(-c3cc4ccccc4c4cc(-c5ccc6oc7c(-c8c([2H])c([2H])c([2H])c([2H])c8[2H])cccc7c6c5)ccc34)c3ccccc23)c([2H])c1[2H]. The predicted octanol–water partition coefficient (Wildman–Crippen LogP) is 14.9. The lowest BCUT2D eigenvalue weighted by atomic mass is 9.83. The second kappa shape index (κ2) is 11.8. The van der Waals surface area contributed by atoms with E-state index in [1.165, 1.54) is 0 Å². The van der Waals surface area contributed by atoms with Crippen molar-refractivity contribution in [1.29, 1.82) is 0 Å². The van der Waals surface area contributed by atoms with Gasteiger partial charge in [-0.2, -0.15) is 0 Å². The molecular formula is C52H32O. The number of rotatable bonds is 4. The fourth-order valence-electron chi connectivity index (χ4n) is 8.11. The zero-order valence-corrected chi connectivity index (χ0v) is 28.1. The minimum Gasteiger partial charge on any atom is -0.455 e. The number of hydrogen-bond acceptors (Lipinski definition) is 1. The van der Waals surface area contributed by atoms with E-state index in [1.54, 1.807) is 6.07 Å². The van der Waals surface area contributed by atoms with Crippen molar-refractivity contribution in [2.75, 3.05) is 0 Å². The molecule has 53 heavy (non-hydrogen) atoms. The van der Waals surface area contributed by atoms with Gasteiger partial charge in [0, 0.05) is 16.3 Å². The quantitative estimate of drug-likeness (QED) is 0.133. The molecule has 1 nitrogen and oxygen atoms in total. The molecule has 0 N–H and O–H groups in total. The molecule has 1 aromatic heterocycles. The normalized spacial score (nSPS) is 14.4. The van der Waals surface area contributed by atoms with Crippen molar-refractivity contribution in [3.05, 3.63) is 194 Å². The van der Waals surface area contributed by atoms with Gasteiger partial charge < -0.3 is 4.42 Å². The van der Waals surface area contributed by atoms with Gasteiger partial charge in [-0.15, -0.1) is 0 Å². The summed E-state index contributed by atoms with van der Waals surface area (Å²) >= 11 is 0. The first-order valence-electron chi connectivity index (χ1n) is 22.4. The molecule has 246 valence electrons. The van der Waals surface area contributed by atoms with Crippen molar-refractivity contribution in [2.24, 2.45) is 0 Å². The molecule has 0 bridgehead atoms. The van der Waals surface area contributed by atoms with Gasteiger partial charge in [-0.05, 0) is 106 Å². The van der Waals surface area contributed by atoms with Crippen molar-refractivity contribution >= 4 is 65.0 Å². The fourth-order valence-corrected chi connectivity index (χ4v) is 8.11. The molecule has 0 spiro atoms. The van der Waals surface area contributed by atoms with Crippen LogP contribution in [0.3, 0.4) is 0 Å². The number of para-hydroxylation sites is 1. The zero-order valence-electron chi connectivity index (χ0n) is 38.1. The van der Waals surface area contributed by atoms with Crippen LogP contribution in [-0.4, -0.2) is 0 Å². The Morgan fingerprint density at radius 1 is 0.340 bits per heavy atom. The topological polar surface area (TPSA) is 13.1 Å². The Morgan fingerprint density at radius 3 is 1.60 bits per heavy atom. The Hall–Kier alpha value is -6.96. The lowest BCUT2D eigenvalue weighted by Gasteiger charge is -2.20. The highest BCUT2D eigenvalue weighted by Crippen LogP contribution is 2.47. The van der Waals surface area contributed by atoms with E-state index in [0.29, 0.717) is 22.3 Å². The van der Waals surface area contributed by atoms with E-state index in [9.17, 15) is 0 Å². The average Bonchev–Trinajstić information content (AvgIpc) is 3.69. The van der Waals surface area contributed by atoms with Crippen LogP contribution in [0.5, 0.6) is 0 Å². The third-order valence-electron chi connectivity index (χ3n) is 10.4. The molecule has 1 heteroatoms. The van der Waals surface area contributed by atoms with Gasteiger partial charge in [0.15, 0.2) is 0 Å². The van der Waals surface area contributed by atoms with Gasteiger partial charge in [0.05, 0.1) is 13.7 Å². The Bertz CT molecular complexity index is 3700. The van der Waals surface area contributed by atoms with Crippen LogP contribution in [0.4, 0.5) is 0 Å². The van der Waals surface area contributed by atoms with E-state index < -0.39 is 24.2 Å². The van der Waals surface area contributed by atoms with E-state index in [0.717, 1.165) is 76.1 Å². The smallest absolute Gasteiger partial charge is 0.143 e. The van der Waals surface area contributed by atoms with Gasteiger partial charge in [0.2, 0.25) is 0 Å². The van der Waals surface area contributed by atoms with E-state index in [4.69, 9.17) is 18.1 Å². The third-order valence-corrected chi connectivity index (χ3v) is 10.4. The van der Waals surface area contributed by atoms with Crippen LogP contribution in [0.15, 0.2) is 198 Å². The van der Waals surface area contributed by atoms with E-state index in [2.05, 4.69) is 42.5 Å². The summed E-state index contributed by atoms with van der Waals surface area (Å²) in [5, 5.41) is 9.07. The molecule has 0 saturated heterocycles. The van der Waals surface area contributed by atoms with Crippen molar-refractivity contribution in [3.8, 4) is 44.5 Å². The van der Waals surface area contributed by atoms with Gasteiger partial charge >= 0.3 is 0 Å². The van der Waals surface area contributed by atoms with Crippen LogP contribution in [0.1, 0.15) is 13.7 Å². The molecule has 1 heterocycles. The highest BCUT2D eigenvalue weighted by Gasteiger charge is 2.20. The molecule has 11 aromatic rings. The number of fused-ring (bicyclic) bond motifs is 8. The van der Waals surface area contributed by atoms with E-state index in [1.807, 2.05) is 84.9 Å². The van der Waals surface area contributed by atoms with Gasteiger partial charge in [-0.25, -0.2) is 0 Å². The van der Waals surface area contributed by atoms with Crippen LogP contribution < -0.4 is 0 Å². The molecular weight excluding hydrogens is 641 g/mol. The number of furan rings is 1. The summed E-state index contributed by atoms with van der Waals surface area (Å²) in [7, 11) is 0. The minimum absolute atomic E-state index is 0.0902. The standard InChI is InChI=1S/C52H32O/c1-3-14-33(15-4-1)39-24-13-25-45-47-31-36(27-29-49(47)53-52(39)45)35-26-28-40-46(30-35)38-19-8-7-18-37(38)32-48(40)51-43-22-11-9-20-41(43)50(34-16-5-2-6-17-34)42-21-10-12-23-44(42)51/h1-32H/i1D,2D,3D,4D,5D,6D,14D,15D,16D,17D. The highest BCUT2D eigenvalue weighted by atomic mass is 16.3. The van der Waals surface area contributed by atoms with E-state index >= 15 is 0 Å². The van der Waals surface area contributed by atoms with Crippen molar-refractivity contribution in [3.63, 3.8) is 0 Å². The molecule has 0 radical (unpaired) electrons. The summed E-state index contributed by atoms with van der Waals surface area (Å²) in [5.41, 5.74) is 6.19. The van der Waals surface area contributed by atoms with Crippen LogP contribution >= 0.6 is 0 Å². The van der Waals surface area contributed by atoms with Gasteiger partial charge in [0.25, 0.3) is 0 Å². The maximum atomic E-state index is 8.98. The lowest BCUT2D eigenvalue weighted by Crippen LogP contribution is -1.92. The van der Waals surface area contributed by atoms with Gasteiger partial charge in [-0.1, -0.05) is 170 Å². The minimum atomic E-state index is -0.447. The van der Waals surface area contributed by atoms with Crippen LogP contribution in [0.25, 0.3) is 110 Å². The van der Waals surface area contributed by atoms with Crippen molar-refractivity contribution in [2.45, 2.75) is 0 Å². The molecule has 0 fully saturated rings. The molecule has 10 aromatic carbocycles. The fraction of sp³-hybridized carbons (Fsp3) is 0. The largest absolute Gasteiger partial charge is 0.455 e. The van der Waals surface area contributed by atoms with E-state index in [-0.39, 0.29) is 47.4 Å². The molecule has 0 amide bonds. The summed E-state index contributed by atoms with van der Waals surface area (Å²) in [4.78, 5) is 0. The lowest BCUT2D eigenvalue weighted by molar-refractivity contribution is 0.670. The molecule has 0 aliphatic rings. The van der Waals surface area contributed by atoms with Crippen molar-refractivity contribution in [1.82, 2.24) is 0 Å². The monoisotopic (exact) mass is 682 g/mol. The second-order valence-corrected chi connectivity index (χ2v) is 13.2. The Balaban J connectivity index is 1.14. The average molecular weight is 683 g/mol. The summed E-state index contributed by atoms with van der Waals surface area (Å²) in [6.45, 7) is 0. The Morgan fingerprint density at radius 2 is 0.906 bits per heavy atom. The Labute approximate surface area is 321 Å². The summed E-state index contributed by atoms with van der Waals surface area (Å²) in [6, 6.07) is 40.7. The molecule has 0 aliphatic carbocycles. The van der Waals surface area contributed by atoms with Crippen LogP contribution in [0.2, 0.25) is 0 Å². The molecule has 0 atom stereocenters.